The van der Waals surface area contributed by atoms with Gasteiger partial charge in [-0.05, 0) is 31.1 Å². The fourth-order valence-corrected chi connectivity index (χ4v) is 3.80. The van der Waals surface area contributed by atoms with Gasteiger partial charge in [-0.2, -0.15) is 0 Å². The zero-order chi connectivity index (χ0) is 11.1. The molecular formula is C12H21N3O. The van der Waals surface area contributed by atoms with E-state index in [4.69, 9.17) is 5.73 Å². The lowest BCUT2D eigenvalue weighted by molar-refractivity contribution is -0.138. The first-order valence-corrected chi connectivity index (χ1v) is 6.52. The lowest BCUT2D eigenvalue weighted by Crippen LogP contribution is -2.52. The summed E-state index contributed by atoms with van der Waals surface area (Å²) in [6.07, 6.45) is 3.67. The number of fused-ring (bicyclic) bond motifs is 2. The number of rotatable bonds is 1. The summed E-state index contributed by atoms with van der Waals surface area (Å²) in [5.74, 6) is 1.68. The Bertz CT molecular complexity index is 286. The van der Waals surface area contributed by atoms with E-state index in [1.165, 1.54) is 19.3 Å². The van der Waals surface area contributed by atoms with Crippen LogP contribution in [0.25, 0.3) is 0 Å². The fourth-order valence-electron chi connectivity index (χ4n) is 3.80. The molecule has 4 heteroatoms. The van der Waals surface area contributed by atoms with Gasteiger partial charge < -0.3 is 16.0 Å². The van der Waals surface area contributed by atoms with Gasteiger partial charge in [-0.3, -0.25) is 4.79 Å². The summed E-state index contributed by atoms with van der Waals surface area (Å²) >= 11 is 0. The third kappa shape index (κ3) is 1.55. The van der Waals surface area contributed by atoms with Crippen molar-refractivity contribution in [1.29, 1.82) is 0 Å². The molecule has 1 aliphatic heterocycles. The van der Waals surface area contributed by atoms with Crippen molar-refractivity contribution < 1.29 is 4.79 Å². The third-order valence-corrected chi connectivity index (χ3v) is 4.69. The molecule has 4 unspecified atom stereocenters. The van der Waals surface area contributed by atoms with Crippen molar-refractivity contribution in [3.8, 4) is 0 Å². The summed E-state index contributed by atoms with van der Waals surface area (Å²) in [4.78, 5) is 14.4. The molecule has 90 valence electrons. The number of nitrogens with two attached hydrogens (primary N) is 1. The zero-order valence-corrected chi connectivity index (χ0v) is 9.69. The highest BCUT2D eigenvalue weighted by atomic mass is 16.2. The van der Waals surface area contributed by atoms with E-state index in [-0.39, 0.29) is 12.0 Å². The van der Waals surface area contributed by atoms with E-state index >= 15 is 0 Å². The quantitative estimate of drug-likeness (QED) is 0.647. The van der Waals surface area contributed by atoms with Crippen molar-refractivity contribution in [3.05, 3.63) is 0 Å². The highest BCUT2D eigenvalue weighted by Gasteiger charge is 2.50. The number of piperazine rings is 1. The normalized spacial score (nSPS) is 42.7. The van der Waals surface area contributed by atoms with Crippen LogP contribution in [0.15, 0.2) is 0 Å². The summed E-state index contributed by atoms with van der Waals surface area (Å²) in [5.41, 5.74) is 6.21. The monoisotopic (exact) mass is 223 g/mol. The van der Waals surface area contributed by atoms with Crippen molar-refractivity contribution >= 4 is 5.91 Å². The molecule has 0 aromatic carbocycles. The molecule has 2 aliphatic carbocycles. The zero-order valence-electron chi connectivity index (χ0n) is 9.69. The summed E-state index contributed by atoms with van der Waals surface area (Å²) in [6.45, 7) is 3.59. The molecule has 2 saturated carbocycles. The van der Waals surface area contributed by atoms with Crippen LogP contribution in [0.5, 0.6) is 0 Å². The van der Waals surface area contributed by atoms with Gasteiger partial charge in [0.05, 0.1) is 5.92 Å². The van der Waals surface area contributed by atoms with E-state index in [0.29, 0.717) is 17.7 Å². The Hall–Kier alpha value is -0.610. The average Bonchev–Trinajstić information content (AvgIpc) is 2.90. The average molecular weight is 223 g/mol. The second-order valence-electron chi connectivity index (χ2n) is 5.51. The van der Waals surface area contributed by atoms with Crippen molar-refractivity contribution in [2.75, 3.05) is 26.2 Å². The molecule has 4 atom stereocenters. The van der Waals surface area contributed by atoms with E-state index in [0.717, 1.165) is 26.2 Å². The largest absolute Gasteiger partial charge is 0.340 e. The highest BCUT2D eigenvalue weighted by molar-refractivity contribution is 5.80. The standard InChI is InChI=1S/C12H21N3O/c13-11-9-2-1-8(7-9)10(11)12(16)15-5-3-14-4-6-15/h8-11,14H,1-7,13H2. The number of carbonyl (C=O) groups is 1. The van der Waals surface area contributed by atoms with Gasteiger partial charge in [-0.25, -0.2) is 0 Å². The van der Waals surface area contributed by atoms with Gasteiger partial charge in [0.25, 0.3) is 0 Å². The molecule has 3 N–H and O–H groups in total. The van der Waals surface area contributed by atoms with Crippen molar-refractivity contribution in [2.45, 2.75) is 25.3 Å². The predicted molar refractivity (Wildman–Crippen MR) is 61.7 cm³/mol. The van der Waals surface area contributed by atoms with Crippen LogP contribution < -0.4 is 11.1 Å². The summed E-state index contributed by atoms with van der Waals surface area (Å²) in [6, 6.07) is 0.140. The molecule has 1 heterocycles. The minimum Gasteiger partial charge on any atom is -0.340 e. The van der Waals surface area contributed by atoms with E-state index in [1.54, 1.807) is 0 Å². The molecule has 0 aromatic rings. The lowest BCUT2D eigenvalue weighted by Gasteiger charge is -2.34. The molecule has 0 spiro atoms. The maximum atomic E-state index is 12.4. The molecule has 0 aromatic heterocycles. The van der Waals surface area contributed by atoms with Crippen LogP contribution in [-0.4, -0.2) is 43.0 Å². The van der Waals surface area contributed by atoms with Crippen LogP contribution in [0.2, 0.25) is 0 Å². The summed E-state index contributed by atoms with van der Waals surface area (Å²) in [5, 5.41) is 3.28. The Kier molecular flexibility index (Phi) is 2.64. The molecule has 1 saturated heterocycles. The molecule has 3 aliphatic rings. The van der Waals surface area contributed by atoms with Gasteiger partial charge in [-0.1, -0.05) is 0 Å². The third-order valence-electron chi connectivity index (χ3n) is 4.69. The highest BCUT2D eigenvalue weighted by Crippen LogP contribution is 2.48. The van der Waals surface area contributed by atoms with Crippen LogP contribution in [0.4, 0.5) is 0 Å². The number of nitrogens with one attached hydrogen (secondary N) is 1. The van der Waals surface area contributed by atoms with Crippen LogP contribution in [0.1, 0.15) is 19.3 Å². The van der Waals surface area contributed by atoms with Crippen molar-refractivity contribution in [3.63, 3.8) is 0 Å². The van der Waals surface area contributed by atoms with Gasteiger partial charge in [0.1, 0.15) is 0 Å². The minimum absolute atomic E-state index is 0.136. The van der Waals surface area contributed by atoms with Gasteiger partial charge in [0.15, 0.2) is 0 Å². The Labute approximate surface area is 96.5 Å². The summed E-state index contributed by atoms with van der Waals surface area (Å²) < 4.78 is 0. The van der Waals surface area contributed by atoms with Crippen LogP contribution >= 0.6 is 0 Å². The van der Waals surface area contributed by atoms with E-state index in [9.17, 15) is 4.79 Å². The molecule has 3 rings (SSSR count). The van der Waals surface area contributed by atoms with Gasteiger partial charge in [-0.15, -0.1) is 0 Å². The second kappa shape index (κ2) is 4.00. The molecule has 1 amide bonds. The lowest BCUT2D eigenvalue weighted by atomic mass is 9.84. The van der Waals surface area contributed by atoms with Crippen LogP contribution in [0, 0.1) is 17.8 Å². The van der Waals surface area contributed by atoms with Gasteiger partial charge in [0, 0.05) is 32.2 Å². The Morgan fingerprint density at radius 2 is 1.88 bits per heavy atom. The fraction of sp³-hybridized carbons (Fsp3) is 0.917. The van der Waals surface area contributed by atoms with Crippen LogP contribution in [0.3, 0.4) is 0 Å². The molecular weight excluding hydrogens is 202 g/mol. The van der Waals surface area contributed by atoms with Crippen LogP contribution in [-0.2, 0) is 4.79 Å². The smallest absolute Gasteiger partial charge is 0.227 e. The maximum Gasteiger partial charge on any atom is 0.227 e. The minimum atomic E-state index is 0.136. The Morgan fingerprint density at radius 3 is 2.50 bits per heavy atom. The second-order valence-corrected chi connectivity index (χ2v) is 5.51. The predicted octanol–water partition coefficient (Wildman–Crippen LogP) is -0.208. The van der Waals surface area contributed by atoms with Crippen molar-refractivity contribution in [2.24, 2.45) is 23.5 Å². The Balaban J connectivity index is 1.70. The number of amides is 1. The first-order chi connectivity index (χ1) is 7.77. The van der Waals surface area contributed by atoms with Gasteiger partial charge in [0.2, 0.25) is 5.91 Å². The van der Waals surface area contributed by atoms with E-state index in [2.05, 4.69) is 5.32 Å². The van der Waals surface area contributed by atoms with Crippen molar-refractivity contribution in [1.82, 2.24) is 10.2 Å². The number of carbonyl (C=O) groups excluding carboxylic acids is 1. The molecule has 3 fully saturated rings. The summed E-state index contributed by atoms with van der Waals surface area (Å²) in [7, 11) is 0. The molecule has 2 bridgehead atoms. The molecule has 16 heavy (non-hydrogen) atoms. The van der Waals surface area contributed by atoms with E-state index < -0.39 is 0 Å². The first-order valence-electron chi connectivity index (χ1n) is 6.52. The number of hydrogen-bond donors (Lipinski definition) is 2. The first kappa shape index (κ1) is 10.5. The SMILES string of the molecule is NC1C2CCC(C2)C1C(=O)N1CCNCC1. The van der Waals surface area contributed by atoms with Gasteiger partial charge >= 0.3 is 0 Å². The number of hydrogen-bond acceptors (Lipinski definition) is 3. The maximum absolute atomic E-state index is 12.4. The Morgan fingerprint density at radius 1 is 1.19 bits per heavy atom. The molecule has 4 nitrogen and oxygen atoms in total. The molecule has 0 radical (unpaired) electrons. The topological polar surface area (TPSA) is 58.4 Å². The van der Waals surface area contributed by atoms with E-state index in [1.807, 2.05) is 4.90 Å². The number of nitrogens with zero attached hydrogens (tertiary/aromatic N) is 1.